The highest BCUT2D eigenvalue weighted by atomic mass is 32.2. The topological polar surface area (TPSA) is 188 Å². The largest absolute Gasteiger partial charge is 0.497 e. The van der Waals surface area contributed by atoms with Gasteiger partial charge in [-0.05, 0) is 114 Å². The molecule has 4 amide bonds. The fraction of sp³-hybridized carbons (Fsp3) is 0.651. The minimum atomic E-state index is -5.10. The number of carbonyl (C=O) groups is 4. The number of aromatic nitrogens is 1. The molecule has 4 fully saturated rings. The number of fused-ring (bicyclic) bond motifs is 3. The summed E-state index contributed by atoms with van der Waals surface area (Å²) in [5.41, 5.74) is -4.76. The van der Waals surface area contributed by atoms with Crippen LogP contribution in [0.15, 0.2) is 36.4 Å². The van der Waals surface area contributed by atoms with Gasteiger partial charge in [-0.1, -0.05) is 26.0 Å². The van der Waals surface area contributed by atoms with Gasteiger partial charge in [-0.2, -0.15) is 18.2 Å². The van der Waals surface area contributed by atoms with E-state index in [0.717, 1.165) is 36.2 Å². The van der Waals surface area contributed by atoms with Crippen molar-refractivity contribution < 1.29 is 55.3 Å². The van der Waals surface area contributed by atoms with Gasteiger partial charge in [0.05, 0.1) is 18.4 Å². The Labute approximate surface area is 359 Å². The number of benzene rings is 1. The molecule has 2 aromatic rings. The molecule has 19 heteroatoms. The molecule has 5 aliphatic rings. The third kappa shape index (κ3) is 8.49. The Kier molecular flexibility index (Phi) is 12.0. The summed E-state index contributed by atoms with van der Waals surface area (Å²) < 4.78 is 84.1. The number of amides is 4. The van der Waals surface area contributed by atoms with Crippen molar-refractivity contribution in [1.82, 2.24) is 24.8 Å². The molecule has 3 aliphatic heterocycles. The minimum absolute atomic E-state index is 0.0539. The van der Waals surface area contributed by atoms with Crippen molar-refractivity contribution in [2.45, 2.75) is 133 Å². The number of anilines is 1. The van der Waals surface area contributed by atoms with Crippen molar-refractivity contribution in [3.8, 4) is 11.6 Å². The van der Waals surface area contributed by atoms with E-state index >= 15 is 4.79 Å². The van der Waals surface area contributed by atoms with Crippen LogP contribution in [0.4, 0.5) is 23.8 Å². The first-order chi connectivity index (χ1) is 29.0. The molecule has 15 nitrogen and oxygen atoms in total. The Morgan fingerprint density at radius 2 is 1.77 bits per heavy atom. The number of hydrogen-bond acceptors (Lipinski definition) is 10. The lowest BCUT2D eigenvalue weighted by atomic mass is 9.85. The number of methoxy groups -OCH3 is 1. The number of nitrogens with zero attached hydrogens (tertiary/aromatic N) is 4. The standard InChI is InChI=1S/C43H57F3N6O9S/c1-25-11-7-8-12-28-23-42(28,38(55)49-62(58,59)41(5)15-16-41)48-35(53)32-22-30(24-51(32)37(54)34(26(2)19-25)52(39(56)57)40(3,4)43(44,45)46)61-36-31-14-13-29(60-6)20-27(31)21-33(47-36)50-17-9-10-18-50/h8,12-14,20-21,25-26,28,30,32,34H,7,9-11,15-19,22-24H2,1-6H3,(H,48,53)(H,49,55)(H,56,57)/b12-8-/t25-,26-,28-,30-,32+,34+,42-/m1/s1. The van der Waals surface area contributed by atoms with Gasteiger partial charge in [0, 0.05) is 30.8 Å². The first-order valence-electron chi connectivity index (χ1n) is 21.4. The highest BCUT2D eigenvalue weighted by Crippen LogP contribution is 2.48. The summed E-state index contributed by atoms with van der Waals surface area (Å²) in [6.45, 7) is 7.50. The van der Waals surface area contributed by atoms with E-state index in [1.54, 1.807) is 25.3 Å². The van der Waals surface area contributed by atoms with E-state index in [2.05, 4.69) is 14.9 Å². The molecule has 340 valence electrons. The maximum Gasteiger partial charge on any atom is 0.411 e. The molecule has 1 aromatic carbocycles. The van der Waals surface area contributed by atoms with Crippen molar-refractivity contribution >= 4 is 50.4 Å². The number of sulfonamides is 1. The lowest BCUT2D eigenvalue weighted by Crippen LogP contribution is -2.66. The number of pyridine rings is 1. The first kappa shape index (κ1) is 45.2. The van der Waals surface area contributed by atoms with Gasteiger partial charge in [0.25, 0.3) is 5.91 Å². The molecular formula is C43H57F3N6O9S. The minimum Gasteiger partial charge on any atom is -0.497 e. The number of carboxylic acid groups (broad SMARTS) is 1. The molecule has 0 unspecified atom stereocenters. The molecule has 7 atom stereocenters. The van der Waals surface area contributed by atoms with E-state index in [1.807, 2.05) is 25.1 Å². The molecule has 2 saturated carbocycles. The molecule has 0 radical (unpaired) electrons. The normalized spacial score (nSPS) is 29.7. The van der Waals surface area contributed by atoms with Crippen molar-refractivity contribution in [3.05, 3.63) is 36.4 Å². The molecule has 1 aromatic heterocycles. The smallest absolute Gasteiger partial charge is 0.411 e. The van der Waals surface area contributed by atoms with Crippen LogP contribution in [0.2, 0.25) is 0 Å². The van der Waals surface area contributed by atoms with Gasteiger partial charge in [-0.15, -0.1) is 0 Å². The summed E-state index contributed by atoms with van der Waals surface area (Å²) in [4.78, 5) is 65.2. The number of nitrogens with one attached hydrogen (secondary N) is 2. The van der Waals surface area contributed by atoms with E-state index in [-0.39, 0.29) is 42.5 Å². The Bertz CT molecular complexity index is 2250. The predicted molar refractivity (Wildman–Crippen MR) is 223 cm³/mol. The highest BCUT2D eigenvalue weighted by Gasteiger charge is 2.64. The SMILES string of the molecule is COc1ccc2c(O[C@@H]3C[C@H]4C(=O)N[C@]5(C(=O)NS(=O)(=O)C6(C)CC6)C[C@H]5/C=C\CC[C@@H](C)C[C@@H](C)[C@H](N(C(=O)O)C(C)(C)C(F)(F)F)C(=O)N4C3)nc(N3CCCC3)cc2c1. The number of allylic oxidation sites excluding steroid dienone is 1. The van der Waals surface area contributed by atoms with Gasteiger partial charge in [-0.3, -0.25) is 24.0 Å². The third-order valence-corrected chi connectivity index (χ3v) is 15.8. The van der Waals surface area contributed by atoms with Crippen LogP contribution >= 0.6 is 0 Å². The number of alkyl halides is 3. The van der Waals surface area contributed by atoms with Crippen LogP contribution in [-0.2, 0) is 24.4 Å². The van der Waals surface area contributed by atoms with Gasteiger partial charge >= 0.3 is 12.3 Å². The number of ether oxygens (including phenoxy) is 2. The molecule has 2 saturated heterocycles. The van der Waals surface area contributed by atoms with Gasteiger partial charge in [0.15, 0.2) is 0 Å². The van der Waals surface area contributed by atoms with E-state index in [4.69, 9.17) is 14.5 Å². The molecule has 2 aliphatic carbocycles. The summed E-state index contributed by atoms with van der Waals surface area (Å²) >= 11 is 0. The molecule has 4 heterocycles. The average molecular weight is 891 g/mol. The second-order valence-corrected chi connectivity index (χ2v) is 20.9. The lowest BCUT2D eigenvalue weighted by molar-refractivity contribution is -0.222. The molecule has 3 N–H and O–H groups in total. The fourth-order valence-corrected chi connectivity index (χ4v) is 10.6. The van der Waals surface area contributed by atoms with Crippen LogP contribution < -0.4 is 24.4 Å². The summed E-state index contributed by atoms with van der Waals surface area (Å²) in [5, 5.41) is 14.6. The first-order valence-corrected chi connectivity index (χ1v) is 22.9. The van der Waals surface area contributed by atoms with Crippen molar-refractivity contribution in [2.24, 2.45) is 17.8 Å². The highest BCUT2D eigenvalue weighted by molar-refractivity contribution is 7.91. The maximum absolute atomic E-state index is 15.2. The van der Waals surface area contributed by atoms with Crippen LogP contribution in [-0.4, -0.2) is 119 Å². The molecule has 7 rings (SSSR count). The third-order valence-electron chi connectivity index (χ3n) is 13.7. The number of hydrogen-bond donors (Lipinski definition) is 3. The molecule has 0 spiro atoms. The Hall–Kier alpha value is -4.81. The predicted octanol–water partition coefficient (Wildman–Crippen LogP) is 5.77. The van der Waals surface area contributed by atoms with Crippen LogP contribution in [0.25, 0.3) is 10.8 Å². The lowest BCUT2D eigenvalue weighted by Gasteiger charge is -2.45. The van der Waals surface area contributed by atoms with Gasteiger partial charge in [-0.25, -0.2) is 13.2 Å². The zero-order valence-electron chi connectivity index (χ0n) is 36.0. The zero-order valence-corrected chi connectivity index (χ0v) is 36.8. The van der Waals surface area contributed by atoms with Crippen molar-refractivity contribution in [3.63, 3.8) is 0 Å². The van der Waals surface area contributed by atoms with E-state index in [9.17, 15) is 41.1 Å². The van der Waals surface area contributed by atoms with Crippen molar-refractivity contribution in [2.75, 3.05) is 31.6 Å². The van der Waals surface area contributed by atoms with Crippen LogP contribution in [0, 0.1) is 17.8 Å². The summed E-state index contributed by atoms with van der Waals surface area (Å²) in [6.07, 6.45) is -0.871. The van der Waals surface area contributed by atoms with E-state index in [1.165, 1.54) is 13.8 Å². The maximum atomic E-state index is 15.2. The average Bonchev–Trinajstić information content (AvgIpc) is 3.94. The Morgan fingerprint density at radius 3 is 2.40 bits per heavy atom. The van der Waals surface area contributed by atoms with Gasteiger partial charge < -0.3 is 29.7 Å². The summed E-state index contributed by atoms with van der Waals surface area (Å²) in [7, 11) is -2.59. The van der Waals surface area contributed by atoms with Gasteiger partial charge in [0.1, 0.15) is 40.8 Å². The summed E-state index contributed by atoms with van der Waals surface area (Å²) in [6, 6.07) is 3.85. The van der Waals surface area contributed by atoms with Crippen molar-refractivity contribution in [1.29, 1.82) is 0 Å². The quantitative estimate of drug-likeness (QED) is 0.260. The Morgan fingerprint density at radius 1 is 1.08 bits per heavy atom. The molecular weight excluding hydrogens is 834 g/mol. The monoisotopic (exact) mass is 890 g/mol. The molecule has 0 bridgehead atoms. The number of carbonyl (C=O) groups excluding carboxylic acids is 3. The number of rotatable bonds is 9. The van der Waals surface area contributed by atoms with E-state index in [0.29, 0.717) is 56.5 Å². The van der Waals surface area contributed by atoms with E-state index < -0.39 is 85.9 Å². The second-order valence-electron chi connectivity index (χ2n) is 18.7. The summed E-state index contributed by atoms with van der Waals surface area (Å²) in [5.74, 6) is -3.19. The van der Waals surface area contributed by atoms with Crippen LogP contribution in [0.5, 0.6) is 11.6 Å². The zero-order chi connectivity index (χ0) is 45.2. The fourth-order valence-electron chi connectivity index (χ4n) is 9.26. The Balaban J connectivity index is 1.31. The van der Waals surface area contributed by atoms with Crippen LogP contribution in [0.1, 0.15) is 92.4 Å². The second kappa shape index (κ2) is 16.4. The van der Waals surface area contributed by atoms with Crippen LogP contribution in [0.3, 0.4) is 0 Å². The number of halogens is 3. The van der Waals surface area contributed by atoms with Gasteiger partial charge in [0.2, 0.25) is 27.7 Å². The molecule has 62 heavy (non-hydrogen) atoms.